The van der Waals surface area contributed by atoms with Crippen LogP contribution in [0.1, 0.15) is 60.3 Å². The Kier molecular flexibility index (Phi) is 6.31. The van der Waals surface area contributed by atoms with E-state index >= 15 is 0 Å². The fourth-order valence-corrected chi connectivity index (χ4v) is 3.30. The van der Waals surface area contributed by atoms with Crippen LogP contribution < -0.4 is 10.6 Å². The van der Waals surface area contributed by atoms with Crippen molar-refractivity contribution in [2.24, 2.45) is 17.3 Å². The van der Waals surface area contributed by atoms with Crippen molar-refractivity contribution in [3.8, 4) is 0 Å². The third-order valence-corrected chi connectivity index (χ3v) is 3.88. The van der Waals surface area contributed by atoms with Crippen molar-refractivity contribution in [1.29, 1.82) is 0 Å². The second-order valence-electron chi connectivity index (χ2n) is 7.51. The van der Waals surface area contributed by atoms with Gasteiger partial charge in [0.25, 0.3) is 0 Å². The van der Waals surface area contributed by atoms with Gasteiger partial charge in [0, 0.05) is 25.6 Å². The largest absolute Gasteiger partial charge is 0.356 e. The summed E-state index contributed by atoms with van der Waals surface area (Å²) in [7, 11) is 0. The lowest BCUT2D eigenvalue weighted by Gasteiger charge is -2.39. The summed E-state index contributed by atoms with van der Waals surface area (Å²) in [5, 5.41) is 6.53. The molecular weight excluding hydrogens is 236 g/mol. The molecule has 1 amide bonds. The summed E-state index contributed by atoms with van der Waals surface area (Å²) >= 11 is 0. The Morgan fingerprint density at radius 3 is 2.58 bits per heavy atom. The van der Waals surface area contributed by atoms with Crippen LogP contribution in [0.3, 0.4) is 0 Å². The Bertz CT molecular complexity index is 286. The van der Waals surface area contributed by atoms with Crippen LogP contribution in [0.15, 0.2) is 0 Å². The quantitative estimate of drug-likeness (QED) is 0.777. The molecule has 2 N–H and O–H groups in total. The summed E-state index contributed by atoms with van der Waals surface area (Å²) in [5.41, 5.74) is 0.440. The Morgan fingerprint density at radius 1 is 1.32 bits per heavy atom. The van der Waals surface area contributed by atoms with E-state index in [2.05, 4.69) is 45.3 Å². The van der Waals surface area contributed by atoms with Gasteiger partial charge in [0.2, 0.25) is 5.91 Å². The molecule has 0 heterocycles. The van der Waals surface area contributed by atoms with Crippen LogP contribution in [0, 0.1) is 17.3 Å². The van der Waals surface area contributed by atoms with E-state index in [0.717, 1.165) is 19.0 Å². The second-order valence-corrected chi connectivity index (χ2v) is 7.51. The molecule has 0 aliphatic heterocycles. The maximum atomic E-state index is 11.6. The van der Waals surface area contributed by atoms with Crippen LogP contribution >= 0.6 is 0 Å². The molecule has 1 saturated carbocycles. The van der Waals surface area contributed by atoms with Gasteiger partial charge >= 0.3 is 0 Å². The zero-order valence-corrected chi connectivity index (χ0v) is 13.4. The number of nitrogens with one attached hydrogen (secondary N) is 2. The minimum absolute atomic E-state index is 0.171. The van der Waals surface area contributed by atoms with Gasteiger partial charge in [0.05, 0.1) is 0 Å². The van der Waals surface area contributed by atoms with Gasteiger partial charge in [-0.15, -0.1) is 0 Å². The van der Waals surface area contributed by atoms with E-state index in [1.54, 1.807) is 0 Å². The first kappa shape index (κ1) is 16.5. The molecule has 0 aromatic rings. The molecule has 0 bridgehead atoms. The standard InChI is InChI=1S/C16H32N2O/c1-12(2)11-18-15(19)6-7-17-14-8-13(3)9-16(4,5)10-14/h12-14,17H,6-11H2,1-5H3,(H,18,19). The van der Waals surface area contributed by atoms with Gasteiger partial charge in [-0.1, -0.05) is 34.6 Å². The van der Waals surface area contributed by atoms with E-state index < -0.39 is 0 Å². The molecular formula is C16H32N2O. The number of hydrogen-bond donors (Lipinski definition) is 2. The number of amides is 1. The van der Waals surface area contributed by atoms with E-state index in [-0.39, 0.29) is 5.91 Å². The first-order chi connectivity index (χ1) is 8.78. The van der Waals surface area contributed by atoms with Crippen LogP contribution in [-0.2, 0) is 4.79 Å². The van der Waals surface area contributed by atoms with E-state index in [1.807, 2.05) is 0 Å². The lowest BCUT2D eigenvalue weighted by Crippen LogP contribution is -2.41. The molecule has 2 atom stereocenters. The molecule has 19 heavy (non-hydrogen) atoms. The average Bonchev–Trinajstić information content (AvgIpc) is 2.23. The lowest BCUT2D eigenvalue weighted by molar-refractivity contribution is -0.121. The Hall–Kier alpha value is -0.570. The predicted molar refractivity (Wildman–Crippen MR) is 81.1 cm³/mol. The van der Waals surface area contributed by atoms with Crippen LogP contribution in [-0.4, -0.2) is 25.0 Å². The molecule has 3 nitrogen and oxygen atoms in total. The van der Waals surface area contributed by atoms with Gasteiger partial charge in [0.15, 0.2) is 0 Å². The molecule has 0 aromatic carbocycles. The minimum atomic E-state index is 0.171. The van der Waals surface area contributed by atoms with Gasteiger partial charge < -0.3 is 10.6 Å². The Balaban J connectivity index is 2.20. The van der Waals surface area contributed by atoms with Crippen LogP contribution in [0.4, 0.5) is 0 Å². The second kappa shape index (κ2) is 7.28. The van der Waals surface area contributed by atoms with Crippen molar-refractivity contribution in [2.75, 3.05) is 13.1 Å². The number of rotatable bonds is 6. The average molecular weight is 268 g/mol. The summed E-state index contributed by atoms with van der Waals surface area (Å²) in [5.74, 6) is 1.48. The first-order valence-electron chi connectivity index (χ1n) is 7.78. The van der Waals surface area contributed by atoms with Crippen molar-refractivity contribution in [1.82, 2.24) is 10.6 Å². The molecule has 0 saturated heterocycles. The smallest absolute Gasteiger partial charge is 0.221 e. The predicted octanol–water partition coefficient (Wildman–Crippen LogP) is 2.95. The first-order valence-corrected chi connectivity index (χ1v) is 7.78. The number of carbonyl (C=O) groups excluding carboxylic acids is 1. The summed E-state index contributed by atoms with van der Waals surface area (Å²) in [6, 6.07) is 0.580. The molecule has 0 spiro atoms. The zero-order valence-electron chi connectivity index (χ0n) is 13.4. The number of hydrogen-bond acceptors (Lipinski definition) is 2. The Labute approximate surface area is 118 Å². The molecule has 2 unspecified atom stereocenters. The van der Waals surface area contributed by atoms with Crippen molar-refractivity contribution < 1.29 is 4.79 Å². The zero-order chi connectivity index (χ0) is 14.5. The SMILES string of the molecule is CC(C)CNC(=O)CCNC1CC(C)CC(C)(C)C1. The molecule has 1 fully saturated rings. The van der Waals surface area contributed by atoms with E-state index in [4.69, 9.17) is 0 Å². The van der Waals surface area contributed by atoms with Crippen LogP contribution in [0.5, 0.6) is 0 Å². The molecule has 0 aromatic heterocycles. The van der Waals surface area contributed by atoms with E-state index in [1.165, 1.54) is 19.3 Å². The van der Waals surface area contributed by atoms with Gasteiger partial charge in [-0.3, -0.25) is 4.79 Å². The van der Waals surface area contributed by atoms with Crippen molar-refractivity contribution in [3.05, 3.63) is 0 Å². The minimum Gasteiger partial charge on any atom is -0.356 e. The molecule has 3 heteroatoms. The third kappa shape index (κ3) is 6.95. The monoisotopic (exact) mass is 268 g/mol. The van der Waals surface area contributed by atoms with Gasteiger partial charge in [-0.25, -0.2) is 0 Å². The van der Waals surface area contributed by atoms with Crippen LogP contribution in [0.2, 0.25) is 0 Å². The molecule has 1 aliphatic carbocycles. The summed E-state index contributed by atoms with van der Waals surface area (Å²) in [4.78, 5) is 11.6. The topological polar surface area (TPSA) is 41.1 Å². The van der Waals surface area contributed by atoms with Crippen molar-refractivity contribution in [2.45, 2.75) is 66.3 Å². The highest BCUT2D eigenvalue weighted by Crippen LogP contribution is 2.38. The summed E-state index contributed by atoms with van der Waals surface area (Å²) < 4.78 is 0. The third-order valence-electron chi connectivity index (χ3n) is 3.88. The highest BCUT2D eigenvalue weighted by atomic mass is 16.1. The summed E-state index contributed by atoms with van der Waals surface area (Å²) in [6.45, 7) is 12.9. The van der Waals surface area contributed by atoms with Crippen LogP contribution in [0.25, 0.3) is 0 Å². The normalized spacial score (nSPS) is 26.4. The van der Waals surface area contributed by atoms with E-state index in [9.17, 15) is 4.79 Å². The molecule has 1 rings (SSSR count). The summed E-state index contributed by atoms with van der Waals surface area (Å²) in [6.07, 6.45) is 4.39. The highest BCUT2D eigenvalue weighted by Gasteiger charge is 2.31. The maximum absolute atomic E-state index is 11.6. The Morgan fingerprint density at radius 2 is 2.00 bits per heavy atom. The molecule has 0 radical (unpaired) electrons. The number of carbonyl (C=O) groups is 1. The van der Waals surface area contributed by atoms with E-state index in [0.29, 0.717) is 23.8 Å². The van der Waals surface area contributed by atoms with Crippen molar-refractivity contribution >= 4 is 5.91 Å². The van der Waals surface area contributed by atoms with Gasteiger partial charge in [-0.2, -0.15) is 0 Å². The highest BCUT2D eigenvalue weighted by molar-refractivity contribution is 5.76. The molecule has 1 aliphatic rings. The van der Waals surface area contributed by atoms with Gasteiger partial charge in [0.1, 0.15) is 0 Å². The maximum Gasteiger partial charge on any atom is 0.221 e. The van der Waals surface area contributed by atoms with Crippen molar-refractivity contribution in [3.63, 3.8) is 0 Å². The lowest BCUT2D eigenvalue weighted by atomic mass is 9.70. The fourth-order valence-electron chi connectivity index (χ4n) is 3.30. The van der Waals surface area contributed by atoms with Gasteiger partial charge in [-0.05, 0) is 36.5 Å². The fraction of sp³-hybridized carbons (Fsp3) is 0.938. The molecule has 112 valence electrons.